The Bertz CT molecular complexity index is 708. The van der Waals surface area contributed by atoms with E-state index in [1.165, 1.54) is 0 Å². The quantitative estimate of drug-likeness (QED) is 0.888. The van der Waals surface area contributed by atoms with Crippen LogP contribution in [-0.4, -0.2) is 16.8 Å². The lowest BCUT2D eigenvalue weighted by Gasteiger charge is -2.33. The number of amides is 1. The molecule has 1 saturated carbocycles. The van der Waals surface area contributed by atoms with Crippen LogP contribution < -0.4 is 5.73 Å². The predicted octanol–water partition coefficient (Wildman–Crippen LogP) is 3.88. The molecule has 0 radical (unpaired) electrons. The number of hydrogen-bond donors (Lipinski definition) is 2. The average Bonchev–Trinajstić information content (AvgIpc) is 2.81. The zero-order chi connectivity index (χ0) is 15.9. The number of carbonyl (C=O) groups excluding carboxylic acids is 1. The number of aromatic amines is 1. The van der Waals surface area contributed by atoms with E-state index in [4.69, 9.17) is 5.73 Å². The molecule has 2 unspecified atom stereocenters. The normalized spacial score (nSPS) is 24.5. The Kier molecular flexibility index (Phi) is 3.67. The molecular formula is C17H20F2N2O. The largest absolute Gasteiger partial charge is 0.366 e. The van der Waals surface area contributed by atoms with Crippen molar-refractivity contribution in [1.82, 2.24) is 4.98 Å². The van der Waals surface area contributed by atoms with E-state index >= 15 is 0 Å². The summed E-state index contributed by atoms with van der Waals surface area (Å²) in [5.74, 6) is -3.13. The van der Waals surface area contributed by atoms with Crippen LogP contribution in [0, 0.1) is 11.8 Å². The molecule has 118 valence electrons. The van der Waals surface area contributed by atoms with E-state index in [0.717, 1.165) is 22.9 Å². The van der Waals surface area contributed by atoms with Crippen LogP contribution in [0.3, 0.4) is 0 Å². The zero-order valence-electron chi connectivity index (χ0n) is 12.5. The first kappa shape index (κ1) is 15.0. The van der Waals surface area contributed by atoms with E-state index in [-0.39, 0.29) is 24.7 Å². The topological polar surface area (TPSA) is 58.9 Å². The van der Waals surface area contributed by atoms with Crippen molar-refractivity contribution in [3.63, 3.8) is 0 Å². The highest BCUT2D eigenvalue weighted by Gasteiger charge is 2.39. The molecule has 1 heterocycles. The van der Waals surface area contributed by atoms with Crippen molar-refractivity contribution in [2.45, 2.75) is 38.5 Å². The Morgan fingerprint density at radius 1 is 1.41 bits per heavy atom. The van der Waals surface area contributed by atoms with Gasteiger partial charge in [-0.3, -0.25) is 4.79 Å². The molecule has 1 aliphatic rings. The first-order valence-electron chi connectivity index (χ1n) is 7.62. The van der Waals surface area contributed by atoms with Gasteiger partial charge < -0.3 is 10.7 Å². The van der Waals surface area contributed by atoms with Gasteiger partial charge in [0.05, 0.1) is 5.56 Å². The lowest BCUT2D eigenvalue weighted by Crippen LogP contribution is -2.31. The highest BCUT2D eigenvalue weighted by Crippen LogP contribution is 2.41. The van der Waals surface area contributed by atoms with Gasteiger partial charge in [-0.25, -0.2) is 8.78 Å². The summed E-state index contributed by atoms with van der Waals surface area (Å²) < 4.78 is 27.6. The summed E-state index contributed by atoms with van der Waals surface area (Å²) in [6.07, 6.45) is 2.83. The molecule has 5 heteroatoms. The third-order valence-electron chi connectivity index (χ3n) is 4.54. The molecule has 0 bridgehead atoms. The Morgan fingerprint density at radius 3 is 2.86 bits per heavy atom. The Morgan fingerprint density at radius 2 is 2.18 bits per heavy atom. The summed E-state index contributed by atoms with van der Waals surface area (Å²) in [4.78, 5) is 14.6. The van der Waals surface area contributed by atoms with Crippen LogP contribution in [0.15, 0.2) is 24.4 Å². The molecule has 3 N–H and O–H groups in total. The Hall–Kier alpha value is -1.91. The number of fused-ring (bicyclic) bond motifs is 1. The number of primary amides is 1. The van der Waals surface area contributed by atoms with Crippen molar-refractivity contribution in [2.75, 3.05) is 0 Å². The molecule has 1 amide bonds. The van der Waals surface area contributed by atoms with Gasteiger partial charge in [-0.15, -0.1) is 0 Å². The smallest absolute Gasteiger partial charge is 0.250 e. The fraction of sp³-hybridized carbons (Fsp3) is 0.471. The van der Waals surface area contributed by atoms with E-state index in [1.807, 2.05) is 25.1 Å². The first-order chi connectivity index (χ1) is 10.4. The number of alkyl halides is 2. The highest BCUT2D eigenvalue weighted by molar-refractivity contribution is 6.07. The maximum Gasteiger partial charge on any atom is 0.250 e. The molecule has 0 aliphatic heterocycles. The van der Waals surface area contributed by atoms with Gasteiger partial charge in [0.25, 0.3) is 5.91 Å². The summed E-state index contributed by atoms with van der Waals surface area (Å²) in [5.41, 5.74) is 7.58. The monoisotopic (exact) mass is 306 g/mol. The van der Waals surface area contributed by atoms with Crippen molar-refractivity contribution in [2.24, 2.45) is 17.6 Å². The number of aromatic nitrogens is 1. The van der Waals surface area contributed by atoms with Gasteiger partial charge in [0, 0.05) is 29.9 Å². The fourth-order valence-corrected chi connectivity index (χ4v) is 3.84. The molecule has 0 spiro atoms. The number of nitrogens with two attached hydrogens (primary N) is 1. The van der Waals surface area contributed by atoms with Crippen molar-refractivity contribution in [3.05, 3.63) is 35.5 Å². The molecule has 1 aliphatic carbocycles. The molecule has 22 heavy (non-hydrogen) atoms. The van der Waals surface area contributed by atoms with Crippen molar-refractivity contribution >= 4 is 16.8 Å². The van der Waals surface area contributed by atoms with Gasteiger partial charge in [-0.2, -0.15) is 0 Å². The highest BCUT2D eigenvalue weighted by atomic mass is 19.3. The van der Waals surface area contributed by atoms with Crippen LogP contribution >= 0.6 is 0 Å². The summed E-state index contributed by atoms with van der Waals surface area (Å²) in [6.45, 7) is 1.88. The number of halogens is 2. The van der Waals surface area contributed by atoms with E-state index in [0.29, 0.717) is 12.0 Å². The van der Waals surface area contributed by atoms with Crippen LogP contribution in [0.5, 0.6) is 0 Å². The minimum atomic E-state index is -2.58. The first-order valence-corrected chi connectivity index (χ1v) is 7.62. The SMILES string of the molecule is CC1CC(Cc2cccc3[nH]cc(C(N)=O)c23)CC(F)(F)C1. The number of hydrogen-bond acceptors (Lipinski definition) is 1. The van der Waals surface area contributed by atoms with E-state index in [1.54, 1.807) is 6.20 Å². The lowest BCUT2D eigenvalue weighted by atomic mass is 9.77. The number of H-pyrrole nitrogens is 1. The van der Waals surface area contributed by atoms with Crippen LogP contribution in [-0.2, 0) is 6.42 Å². The second-order valence-corrected chi connectivity index (χ2v) is 6.58. The van der Waals surface area contributed by atoms with Gasteiger partial charge >= 0.3 is 0 Å². The van der Waals surface area contributed by atoms with Gasteiger partial charge in [0.15, 0.2) is 0 Å². The summed E-state index contributed by atoms with van der Waals surface area (Å²) in [7, 11) is 0. The Labute approximate surface area is 127 Å². The third kappa shape index (κ3) is 2.85. The molecular weight excluding hydrogens is 286 g/mol. The predicted molar refractivity (Wildman–Crippen MR) is 82.0 cm³/mol. The second kappa shape index (κ2) is 5.38. The lowest BCUT2D eigenvalue weighted by molar-refractivity contribution is -0.0689. The molecule has 1 fully saturated rings. The van der Waals surface area contributed by atoms with E-state index in [2.05, 4.69) is 4.98 Å². The van der Waals surface area contributed by atoms with E-state index < -0.39 is 11.8 Å². The fourth-order valence-electron chi connectivity index (χ4n) is 3.84. The van der Waals surface area contributed by atoms with Crippen molar-refractivity contribution in [1.29, 1.82) is 0 Å². The van der Waals surface area contributed by atoms with Crippen LogP contribution in [0.25, 0.3) is 10.9 Å². The van der Waals surface area contributed by atoms with Crippen LogP contribution in [0.1, 0.15) is 42.1 Å². The van der Waals surface area contributed by atoms with Gasteiger partial charge in [0.2, 0.25) is 5.92 Å². The number of benzene rings is 1. The van der Waals surface area contributed by atoms with Gasteiger partial charge in [-0.05, 0) is 36.3 Å². The second-order valence-electron chi connectivity index (χ2n) is 6.58. The molecule has 1 aromatic heterocycles. The minimum Gasteiger partial charge on any atom is -0.366 e. The maximum absolute atomic E-state index is 13.8. The van der Waals surface area contributed by atoms with Crippen LogP contribution in [0.2, 0.25) is 0 Å². The molecule has 2 aromatic rings. The summed E-state index contributed by atoms with van der Waals surface area (Å²) >= 11 is 0. The molecule has 1 aromatic carbocycles. The standard InChI is InChI=1S/C17H20F2N2O/c1-10-5-11(8-17(18,19)7-10)6-12-3-2-4-14-15(12)13(9-21-14)16(20)22/h2-4,9-11,21H,5-8H2,1H3,(H2,20,22). The average molecular weight is 306 g/mol. The maximum atomic E-state index is 13.8. The van der Waals surface area contributed by atoms with Crippen molar-refractivity contribution in [3.8, 4) is 0 Å². The molecule has 3 rings (SSSR count). The summed E-state index contributed by atoms with van der Waals surface area (Å²) in [5, 5.41) is 0.775. The zero-order valence-corrected chi connectivity index (χ0v) is 12.5. The minimum absolute atomic E-state index is 0.0230. The van der Waals surface area contributed by atoms with Crippen LogP contribution in [0.4, 0.5) is 8.78 Å². The number of nitrogens with one attached hydrogen (secondary N) is 1. The number of carbonyl (C=O) groups is 1. The molecule has 3 nitrogen and oxygen atoms in total. The summed E-state index contributed by atoms with van der Waals surface area (Å²) in [6, 6.07) is 5.65. The third-order valence-corrected chi connectivity index (χ3v) is 4.54. The van der Waals surface area contributed by atoms with Crippen molar-refractivity contribution < 1.29 is 13.6 Å². The molecule has 2 atom stereocenters. The number of rotatable bonds is 3. The Balaban J connectivity index is 1.94. The van der Waals surface area contributed by atoms with Gasteiger partial charge in [0.1, 0.15) is 0 Å². The van der Waals surface area contributed by atoms with E-state index in [9.17, 15) is 13.6 Å². The molecule has 0 saturated heterocycles. The van der Waals surface area contributed by atoms with Gasteiger partial charge in [-0.1, -0.05) is 19.1 Å².